The maximum atomic E-state index is 9.75. The Labute approximate surface area is 121 Å². The lowest BCUT2D eigenvalue weighted by Gasteiger charge is -2.23. The van der Waals surface area contributed by atoms with Crippen LogP contribution in [0.1, 0.15) is 39.0 Å². The minimum atomic E-state index is -1.01. The van der Waals surface area contributed by atoms with E-state index in [4.69, 9.17) is 14.6 Å². The summed E-state index contributed by atoms with van der Waals surface area (Å²) >= 11 is 0. The predicted molar refractivity (Wildman–Crippen MR) is 76.5 cm³/mol. The van der Waals surface area contributed by atoms with Gasteiger partial charge in [-0.15, -0.1) is 0 Å². The van der Waals surface area contributed by atoms with Crippen LogP contribution in [0.5, 0.6) is 0 Å². The summed E-state index contributed by atoms with van der Waals surface area (Å²) in [4.78, 5) is 0. The monoisotopic (exact) mass is 288 g/mol. The topological polar surface area (TPSA) is 79.2 Å². The molecule has 1 saturated heterocycles. The predicted octanol–water partition coefficient (Wildman–Crippen LogP) is 1.01. The first-order valence-electron chi connectivity index (χ1n) is 7.55. The third kappa shape index (κ3) is 5.89. The Morgan fingerprint density at radius 1 is 1.30 bits per heavy atom. The molecular weight excluding hydrogens is 260 g/mol. The van der Waals surface area contributed by atoms with E-state index in [1.165, 1.54) is 12.8 Å². The van der Waals surface area contributed by atoms with Crippen molar-refractivity contribution in [2.45, 2.75) is 63.4 Å². The molecule has 0 aromatic heterocycles. The molecule has 1 aliphatic rings. The van der Waals surface area contributed by atoms with Crippen molar-refractivity contribution >= 4 is 0 Å². The van der Waals surface area contributed by atoms with E-state index >= 15 is 0 Å². The van der Waals surface area contributed by atoms with E-state index in [1.54, 1.807) is 0 Å². The van der Waals surface area contributed by atoms with E-state index in [9.17, 15) is 10.2 Å². The molecule has 0 radical (unpaired) electrons. The van der Waals surface area contributed by atoms with Crippen LogP contribution in [-0.2, 0) is 9.47 Å². The van der Waals surface area contributed by atoms with Crippen LogP contribution in [0.4, 0.5) is 0 Å². The highest BCUT2D eigenvalue weighted by molar-refractivity contribution is 4.89. The molecule has 0 aliphatic carbocycles. The first-order valence-corrected chi connectivity index (χ1v) is 7.55. The molecule has 0 amide bonds. The number of aliphatic hydroxyl groups is 3. The Balaban J connectivity index is 2.17. The molecule has 5 nitrogen and oxygen atoms in total. The maximum Gasteiger partial charge on any atom is 0.114 e. The zero-order valence-electron chi connectivity index (χ0n) is 12.3. The lowest BCUT2D eigenvalue weighted by molar-refractivity contribution is -0.0935. The van der Waals surface area contributed by atoms with Gasteiger partial charge in [-0.3, -0.25) is 0 Å². The average molecular weight is 288 g/mol. The third-order valence-corrected chi connectivity index (χ3v) is 3.45. The third-order valence-electron chi connectivity index (χ3n) is 3.45. The molecule has 20 heavy (non-hydrogen) atoms. The first-order chi connectivity index (χ1) is 9.70. The summed E-state index contributed by atoms with van der Waals surface area (Å²) in [6, 6.07) is 0. The van der Waals surface area contributed by atoms with Crippen molar-refractivity contribution in [1.82, 2.24) is 0 Å². The molecule has 0 aromatic carbocycles. The van der Waals surface area contributed by atoms with Gasteiger partial charge in [0.1, 0.15) is 24.4 Å². The van der Waals surface area contributed by atoms with E-state index in [-0.39, 0.29) is 6.61 Å². The summed E-state index contributed by atoms with van der Waals surface area (Å²) in [5.41, 5.74) is 0. The summed E-state index contributed by atoms with van der Waals surface area (Å²) < 4.78 is 10.9. The zero-order chi connectivity index (χ0) is 14.8. The van der Waals surface area contributed by atoms with E-state index < -0.39 is 31.0 Å². The molecule has 1 heterocycles. The number of allylic oxidation sites excluding steroid dienone is 2. The molecule has 1 rings (SSSR count). The Bertz CT molecular complexity index is 269. The van der Waals surface area contributed by atoms with E-state index in [2.05, 4.69) is 19.1 Å². The smallest absolute Gasteiger partial charge is 0.114 e. The fourth-order valence-corrected chi connectivity index (χ4v) is 2.24. The molecule has 1 fully saturated rings. The van der Waals surface area contributed by atoms with Gasteiger partial charge in [0.15, 0.2) is 0 Å². The van der Waals surface area contributed by atoms with Gasteiger partial charge in [-0.25, -0.2) is 0 Å². The molecule has 0 unspecified atom stereocenters. The van der Waals surface area contributed by atoms with Crippen molar-refractivity contribution in [3.63, 3.8) is 0 Å². The van der Waals surface area contributed by atoms with Gasteiger partial charge in [-0.1, -0.05) is 31.9 Å². The lowest BCUT2D eigenvalue weighted by atomic mass is 10.1. The summed E-state index contributed by atoms with van der Waals surface area (Å²) in [6.45, 7) is 2.44. The Morgan fingerprint density at radius 3 is 2.65 bits per heavy atom. The molecule has 5 heteroatoms. The van der Waals surface area contributed by atoms with Crippen molar-refractivity contribution < 1.29 is 24.8 Å². The minimum Gasteiger partial charge on any atom is -0.394 e. The standard InChI is InChI=1S/C15H28O5/c1-2-3-4-5-6-7-8-9-19-15-13(18)11-20-14(15)12(17)10-16/h5-6,12-18H,2-4,7-11H2,1H3/b6-5+/t12-,13+,14-,15-/m1/s1. The van der Waals surface area contributed by atoms with Crippen LogP contribution < -0.4 is 0 Å². The highest BCUT2D eigenvalue weighted by Crippen LogP contribution is 2.21. The van der Waals surface area contributed by atoms with Gasteiger partial charge in [-0.2, -0.15) is 0 Å². The molecule has 0 saturated carbocycles. The summed E-state index contributed by atoms with van der Waals surface area (Å²) in [7, 11) is 0. The molecule has 0 bridgehead atoms. The fourth-order valence-electron chi connectivity index (χ4n) is 2.24. The molecule has 0 spiro atoms. The quantitative estimate of drug-likeness (QED) is 0.413. The van der Waals surface area contributed by atoms with Gasteiger partial charge in [0.05, 0.1) is 13.2 Å². The van der Waals surface area contributed by atoms with Crippen molar-refractivity contribution in [2.24, 2.45) is 0 Å². The number of hydrogen-bond acceptors (Lipinski definition) is 5. The van der Waals surface area contributed by atoms with Crippen LogP contribution >= 0.6 is 0 Å². The van der Waals surface area contributed by atoms with Gasteiger partial charge in [-0.05, 0) is 19.3 Å². The normalized spacial score (nSPS) is 28.3. The molecule has 0 aromatic rings. The summed E-state index contributed by atoms with van der Waals surface area (Å²) in [5, 5.41) is 28.3. The number of ether oxygens (including phenoxy) is 2. The molecule has 3 N–H and O–H groups in total. The highest BCUT2D eigenvalue weighted by atomic mass is 16.6. The van der Waals surface area contributed by atoms with Gasteiger partial charge in [0.25, 0.3) is 0 Å². The number of unbranched alkanes of at least 4 members (excludes halogenated alkanes) is 3. The van der Waals surface area contributed by atoms with Gasteiger partial charge in [0, 0.05) is 6.61 Å². The second-order valence-electron chi connectivity index (χ2n) is 5.21. The summed E-state index contributed by atoms with van der Waals surface area (Å²) in [5.74, 6) is 0. The zero-order valence-corrected chi connectivity index (χ0v) is 12.3. The number of hydrogen-bond donors (Lipinski definition) is 3. The molecule has 4 atom stereocenters. The van der Waals surface area contributed by atoms with Gasteiger partial charge >= 0.3 is 0 Å². The van der Waals surface area contributed by atoms with Crippen molar-refractivity contribution in [1.29, 1.82) is 0 Å². The van der Waals surface area contributed by atoms with E-state index in [0.29, 0.717) is 6.61 Å². The van der Waals surface area contributed by atoms with Crippen LogP contribution in [0.3, 0.4) is 0 Å². The Hall–Kier alpha value is -0.460. The Morgan fingerprint density at radius 2 is 2.00 bits per heavy atom. The van der Waals surface area contributed by atoms with Gasteiger partial charge in [0.2, 0.25) is 0 Å². The largest absolute Gasteiger partial charge is 0.394 e. The van der Waals surface area contributed by atoms with Gasteiger partial charge < -0.3 is 24.8 Å². The second kappa shape index (κ2) is 10.3. The number of rotatable bonds is 10. The van der Waals surface area contributed by atoms with Crippen LogP contribution in [0.15, 0.2) is 12.2 Å². The first kappa shape index (κ1) is 17.6. The van der Waals surface area contributed by atoms with Crippen LogP contribution in [0.25, 0.3) is 0 Å². The van der Waals surface area contributed by atoms with Crippen LogP contribution in [-0.4, -0.2) is 59.6 Å². The molecule has 1 aliphatic heterocycles. The lowest BCUT2D eigenvalue weighted by Crippen LogP contribution is -2.42. The van der Waals surface area contributed by atoms with Crippen molar-refractivity contribution in [2.75, 3.05) is 19.8 Å². The maximum absolute atomic E-state index is 9.75. The van der Waals surface area contributed by atoms with Crippen LogP contribution in [0, 0.1) is 0 Å². The van der Waals surface area contributed by atoms with Crippen molar-refractivity contribution in [3.8, 4) is 0 Å². The number of aliphatic hydroxyl groups excluding tert-OH is 3. The molecular formula is C15H28O5. The Kier molecular flexibility index (Phi) is 9.05. The molecule has 118 valence electrons. The van der Waals surface area contributed by atoms with Crippen LogP contribution in [0.2, 0.25) is 0 Å². The SMILES string of the molecule is CCCC/C=C/CCCO[C@H]1[C@@H]([C@H](O)CO)OC[C@@H]1O. The summed E-state index contributed by atoms with van der Waals surface area (Å²) in [6.07, 6.45) is 6.77. The average Bonchev–Trinajstić information content (AvgIpc) is 2.82. The minimum absolute atomic E-state index is 0.142. The second-order valence-corrected chi connectivity index (χ2v) is 5.21. The fraction of sp³-hybridized carbons (Fsp3) is 0.867. The van der Waals surface area contributed by atoms with E-state index in [0.717, 1.165) is 19.3 Å². The highest BCUT2D eigenvalue weighted by Gasteiger charge is 2.40. The van der Waals surface area contributed by atoms with Crippen molar-refractivity contribution in [3.05, 3.63) is 12.2 Å². The van der Waals surface area contributed by atoms with E-state index in [1.807, 2.05) is 0 Å².